The number of ether oxygens (including phenoxy) is 2. The summed E-state index contributed by atoms with van der Waals surface area (Å²) in [5, 5.41) is 4.14. The van der Waals surface area contributed by atoms with Gasteiger partial charge in [-0.15, -0.1) is 0 Å². The molecule has 3 fully saturated rings. The van der Waals surface area contributed by atoms with E-state index in [-0.39, 0.29) is 11.7 Å². The van der Waals surface area contributed by atoms with Crippen LogP contribution in [-0.2, 0) is 4.74 Å². The summed E-state index contributed by atoms with van der Waals surface area (Å²) in [4.78, 5) is 13.6. The summed E-state index contributed by atoms with van der Waals surface area (Å²) < 4.78 is 31.8. The summed E-state index contributed by atoms with van der Waals surface area (Å²) in [5.74, 6) is 3.06. The third kappa shape index (κ3) is 4.70. The number of benzene rings is 1. The van der Waals surface area contributed by atoms with Crippen molar-refractivity contribution < 1.29 is 18.4 Å². The lowest BCUT2D eigenvalue weighted by Gasteiger charge is -2.61. The maximum absolute atomic E-state index is 14.4. The quantitative estimate of drug-likeness (QED) is 0.440. The average Bonchev–Trinajstić information content (AvgIpc) is 3.23. The van der Waals surface area contributed by atoms with Crippen LogP contribution in [0.15, 0.2) is 35.2 Å². The Morgan fingerprint density at radius 3 is 2.68 bits per heavy atom. The van der Waals surface area contributed by atoms with Crippen molar-refractivity contribution in [3.63, 3.8) is 0 Å². The van der Waals surface area contributed by atoms with Crippen LogP contribution in [0.4, 0.5) is 10.2 Å². The number of aromatic nitrogens is 3. The fraction of sp³-hybridized carbons (Fsp3) is 0.536. The number of hydrogen-bond acceptors (Lipinski definition) is 8. The zero-order valence-corrected chi connectivity index (χ0v) is 21.7. The van der Waals surface area contributed by atoms with Crippen molar-refractivity contribution in [1.29, 1.82) is 0 Å². The standard InChI is InChI=1S/C28H34FN5O3/c1-18(2)26-25(19(3)32-37-26)22-10-21(29)4-5-23(22)36-24-11-30-17-31-27(24)34-15-28(16-34)13-33(14-28)12-20-6-8-35-9-7-20/h4-5,10-11,17-18,20H,6-9,12-16H2,1-3H3. The van der Waals surface area contributed by atoms with Gasteiger partial charge >= 0.3 is 0 Å². The number of rotatable bonds is 7. The van der Waals surface area contributed by atoms with Crippen molar-refractivity contribution in [2.45, 2.75) is 39.5 Å². The van der Waals surface area contributed by atoms with Crippen molar-refractivity contribution in [3.8, 4) is 22.6 Å². The van der Waals surface area contributed by atoms with E-state index in [0.29, 0.717) is 33.9 Å². The van der Waals surface area contributed by atoms with Crippen molar-refractivity contribution in [2.24, 2.45) is 11.3 Å². The molecule has 0 N–H and O–H groups in total. The molecule has 9 heteroatoms. The molecule has 1 aromatic carbocycles. The number of halogens is 1. The van der Waals surface area contributed by atoms with E-state index in [1.54, 1.807) is 18.6 Å². The fourth-order valence-electron chi connectivity index (χ4n) is 6.07. The Labute approximate surface area is 216 Å². The molecule has 3 aromatic rings. The van der Waals surface area contributed by atoms with Gasteiger partial charge in [0.2, 0.25) is 0 Å². The minimum absolute atomic E-state index is 0.0914. The molecule has 37 heavy (non-hydrogen) atoms. The molecule has 0 radical (unpaired) electrons. The molecule has 0 saturated carbocycles. The predicted molar refractivity (Wildman–Crippen MR) is 137 cm³/mol. The topological polar surface area (TPSA) is 76.8 Å². The van der Waals surface area contributed by atoms with Crippen molar-refractivity contribution in [3.05, 3.63) is 48.0 Å². The van der Waals surface area contributed by atoms with Crippen LogP contribution in [0.2, 0.25) is 0 Å². The lowest BCUT2D eigenvalue weighted by molar-refractivity contribution is -0.0430. The van der Waals surface area contributed by atoms with Gasteiger partial charge in [-0.3, -0.25) is 0 Å². The lowest BCUT2D eigenvalue weighted by Crippen LogP contribution is -2.72. The van der Waals surface area contributed by atoms with Gasteiger partial charge in [0.25, 0.3) is 0 Å². The van der Waals surface area contributed by atoms with Gasteiger partial charge in [-0.25, -0.2) is 14.4 Å². The van der Waals surface area contributed by atoms with E-state index in [4.69, 9.17) is 14.0 Å². The second kappa shape index (κ2) is 9.68. The summed E-state index contributed by atoms with van der Waals surface area (Å²) >= 11 is 0. The van der Waals surface area contributed by atoms with E-state index < -0.39 is 0 Å². The highest BCUT2D eigenvalue weighted by atomic mass is 19.1. The Morgan fingerprint density at radius 1 is 1.14 bits per heavy atom. The summed E-state index contributed by atoms with van der Waals surface area (Å²) in [6, 6.07) is 4.53. The molecular weight excluding hydrogens is 473 g/mol. The normalized spacial score (nSPS) is 19.8. The first-order valence-corrected chi connectivity index (χ1v) is 13.2. The molecule has 5 heterocycles. The van der Waals surface area contributed by atoms with Gasteiger partial charge < -0.3 is 23.8 Å². The first-order valence-electron chi connectivity index (χ1n) is 13.2. The smallest absolute Gasteiger partial charge is 0.188 e. The molecule has 2 aromatic heterocycles. The Balaban J connectivity index is 1.18. The first kappa shape index (κ1) is 24.3. The molecule has 196 valence electrons. The monoisotopic (exact) mass is 507 g/mol. The van der Waals surface area contributed by atoms with Gasteiger partial charge in [0.05, 0.1) is 17.5 Å². The van der Waals surface area contributed by atoms with Crippen LogP contribution in [0.1, 0.15) is 44.1 Å². The van der Waals surface area contributed by atoms with Gasteiger partial charge in [0.15, 0.2) is 11.6 Å². The number of hydrogen-bond donors (Lipinski definition) is 0. The van der Waals surface area contributed by atoms with E-state index in [0.717, 1.165) is 56.7 Å². The highest BCUT2D eigenvalue weighted by Gasteiger charge is 2.52. The van der Waals surface area contributed by atoms with Gasteiger partial charge in [-0.2, -0.15) is 0 Å². The number of anilines is 1. The molecule has 8 nitrogen and oxygen atoms in total. The molecule has 1 spiro atoms. The van der Waals surface area contributed by atoms with E-state index in [2.05, 4.69) is 24.9 Å². The third-order valence-corrected chi connectivity index (χ3v) is 7.83. The molecule has 0 unspecified atom stereocenters. The van der Waals surface area contributed by atoms with E-state index >= 15 is 0 Å². The number of aryl methyl sites for hydroxylation is 1. The molecule has 3 aliphatic rings. The van der Waals surface area contributed by atoms with Crippen LogP contribution in [0.5, 0.6) is 11.5 Å². The van der Waals surface area contributed by atoms with Gasteiger partial charge in [-0.05, 0) is 43.9 Å². The summed E-state index contributed by atoms with van der Waals surface area (Å²) in [5.41, 5.74) is 2.41. The maximum Gasteiger partial charge on any atom is 0.188 e. The zero-order valence-electron chi connectivity index (χ0n) is 21.7. The van der Waals surface area contributed by atoms with Crippen LogP contribution in [0.3, 0.4) is 0 Å². The highest BCUT2D eigenvalue weighted by Crippen LogP contribution is 2.46. The largest absolute Gasteiger partial charge is 0.451 e. The number of nitrogens with zero attached hydrogens (tertiary/aromatic N) is 5. The second-order valence-electron chi connectivity index (χ2n) is 11.2. The molecule has 0 atom stereocenters. The minimum Gasteiger partial charge on any atom is -0.451 e. The van der Waals surface area contributed by atoms with E-state index in [9.17, 15) is 4.39 Å². The predicted octanol–water partition coefficient (Wildman–Crippen LogP) is 5.04. The van der Waals surface area contributed by atoms with Crippen molar-refractivity contribution in [1.82, 2.24) is 20.0 Å². The molecule has 3 aliphatic heterocycles. The Kier molecular flexibility index (Phi) is 6.36. The summed E-state index contributed by atoms with van der Waals surface area (Å²) in [7, 11) is 0. The lowest BCUT2D eigenvalue weighted by atomic mass is 9.72. The van der Waals surface area contributed by atoms with Crippen LogP contribution >= 0.6 is 0 Å². The van der Waals surface area contributed by atoms with Crippen LogP contribution in [-0.4, -0.2) is 66.0 Å². The second-order valence-corrected chi connectivity index (χ2v) is 11.2. The fourth-order valence-corrected chi connectivity index (χ4v) is 6.07. The third-order valence-electron chi connectivity index (χ3n) is 7.83. The molecular formula is C28H34FN5O3. The van der Waals surface area contributed by atoms with Crippen LogP contribution < -0.4 is 9.64 Å². The van der Waals surface area contributed by atoms with Crippen molar-refractivity contribution in [2.75, 3.05) is 50.8 Å². The van der Waals surface area contributed by atoms with E-state index in [1.807, 2.05) is 20.8 Å². The molecule has 0 aliphatic carbocycles. The highest BCUT2D eigenvalue weighted by molar-refractivity contribution is 5.75. The van der Waals surface area contributed by atoms with Crippen LogP contribution in [0, 0.1) is 24.1 Å². The number of likely N-dealkylation sites (tertiary alicyclic amines) is 1. The molecule has 6 rings (SSSR count). The van der Waals surface area contributed by atoms with E-state index in [1.165, 1.54) is 31.5 Å². The van der Waals surface area contributed by atoms with Gasteiger partial charge in [0, 0.05) is 62.8 Å². The van der Waals surface area contributed by atoms with Gasteiger partial charge in [0.1, 0.15) is 23.7 Å². The van der Waals surface area contributed by atoms with Crippen LogP contribution in [0.25, 0.3) is 11.1 Å². The Bertz CT molecular complexity index is 1260. The van der Waals surface area contributed by atoms with Crippen molar-refractivity contribution >= 4 is 5.82 Å². The van der Waals surface area contributed by atoms with Gasteiger partial charge in [-0.1, -0.05) is 19.0 Å². The average molecular weight is 508 g/mol. The zero-order chi connectivity index (χ0) is 25.6. The molecule has 0 amide bonds. The summed E-state index contributed by atoms with van der Waals surface area (Å²) in [6.45, 7) is 13.1. The first-order chi connectivity index (χ1) is 17.9. The summed E-state index contributed by atoms with van der Waals surface area (Å²) in [6.07, 6.45) is 5.59. The Hall–Kier alpha value is -3.04. The SMILES string of the molecule is Cc1noc(C(C)C)c1-c1cc(F)ccc1Oc1cncnc1N1CC2(CN(CC3CCOCC3)C2)C1. The maximum atomic E-state index is 14.4. The minimum atomic E-state index is -0.345. The Morgan fingerprint density at radius 2 is 1.92 bits per heavy atom. The molecule has 3 saturated heterocycles. The molecule has 0 bridgehead atoms.